The summed E-state index contributed by atoms with van der Waals surface area (Å²) in [6.07, 6.45) is 1.53. The summed E-state index contributed by atoms with van der Waals surface area (Å²) < 4.78 is 0. The molecule has 0 aliphatic heterocycles. The zero-order chi connectivity index (χ0) is 16.2. The molecule has 0 aliphatic rings. The Bertz CT molecular complexity index is 891. The summed E-state index contributed by atoms with van der Waals surface area (Å²) in [6.45, 7) is 0. The summed E-state index contributed by atoms with van der Waals surface area (Å²) >= 11 is 0. The highest BCUT2D eigenvalue weighted by Crippen LogP contribution is 2.21. The lowest BCUT2D eigenvalue weighted by atomic mass is 10.1. The number of amides is 1. The van der Waals surface area contributed by atoms with E-state index in [9.17, 15) is 9.90 Å². The van der Waals surface area contributed by atoms with E-state index in [2.05, 4.69) is 15.3 Å². The predicted octanol–water partition coefficient (Wildman–Crippen LogP) is 2.32. The average Bonchev–Trinajstić information content (AvgIpc) is 2.55. The van der Waals surface area contributed by atoms with Gasteiger partial charge in [0, 0.05) is 11.6 Å². The minimum atomic E-state index is -0.416. The standard InChI is InChI=1S/C17H14N4O2/c18-17(20-11-4-2-1-3-5-11)21-16(23)13-8-9-19-15-7-6-12(22)10-14(13)15/h1-10,22H,(H3,18,20,21,23). The van der Waals surface area contributed by atoms with Crippen LogP contribution in [0.2, 0.25) is 0 Å². The van der Waals surface area contributed by atoms with E-state index in [1.165, 1.54) is 18.3 Å². The number of phenolic OH excluding ortho intramolecular Hbond substituents is 1. The Hall–Kier alpha value is -3.41. The van der Waals surface area contributed by atoms with Gasteiger partial charge in [0.15, 0.2) is 0 Å². The number of rotatable bonds is 2. The highest BCUT2D eigenvalue weighted by atomic mass is 16.3. The van der Waals surface area contributed by atoms with Crippen LogP contribution in [-0.4, -0.2) is 22.0 Å². The molecule has 23 heavy (non-hydrogen) atoms. The molecule has 0 saturated heterocycles. The molecule has 4 N–H and O–H groups in total. The molecule has 1 heterocycles. The number of pyridine rings is 1. The van der Waals surface area contributed by atoms with Crippen LogP contribution >= 0.6 is 0 Å². The molecule has 0 spiro atoms. The van der Waals surface area contributed by atoms with Crippen LogP contribution in [0, 0.1) is 0 Å². The molecular formula is C17H14N4O2. The first kappa shape index (κ1) is 14.5. The Balaban J connectivity index is 1.89. The Morgan fingerprint density at radius 2 is 1.91 bits per heavy atom. The lowest BCUT2D eigenvalue weighted by Gasteiger charge is -2.07. The minimum absolute atomic E-state index is 0.00804. The molecule has 0 saturated carbocycles. The van der Waals surface area contributed by atoms with E-state index in [1.807, 2.05) is 18.2 Å². The van der Waals surface area contributed by atoms with Gasteiger partial charge in [0.1, 0.15) is 5.75 Å². The van der Waals surface area contributed by atoms with Crippen molar-refractivity contribution in [2.45, 2.75) is 0 Å². The van der Waals surface area contributed by atoms with Gasteiger partial charge in [-0.1, -0.05) is 18.2 Å². The van der Waals surface area contributed by atoms with Crippen molar-refractivity contribution in [3.05, 3.63) is 66.4 Å². The Labute approximate surface area is 132 Å². The number of guanidine groups is 1. The summed E-state index contributed by atoms with van der Waals surface area (Å²) in [5.41, 5.74) is 7.38. The topological polar surface area (TPSA) is 101 Å². The molecular weight excluding hydrogens is 292 g/mol. The van der Waals surface area contributed by atoms with Crippen molar-refractivity contribution in [3.8, 4) is 5.75 Å². The van der Waals surface area contributed by atoms with Crippen molar-refractivity contribution in [1.82, 2.24) is 10.3 Å². The van der Waals surface area contributed by atoms with Gasteiger partial charge < -0.3 is 10.8 Å². The third-order valence-electron chi connectivity index (χ3n) is 3.22. The monoisotopic (exact) mass is 306 g/mol. The molecule has 6 heteroatoms. The molecule has 0 radical (unpaired) electrons. The van der Waals surface area contributed by atoms with Crippen molar-refractivity contribution in [2.75, 3.05) is 0 Å². The van der Waals surface area contributed by atoms with Gasteiger partial charge in [-0.2, -0.15) is 0 Å². The van der Waals surface area contributed by atoms with E-state index >= 15 is 0 Å². The lowest BCUT2D eigenvalue weighted by molar-refractivity contribution is 0.0978. The van der Waals surface area contributed by atoms with Crippen LogP contribution in [0.25, 0.3) is 10.9 Å². The fourth-order valence-electron chi connectivity index (χ4n) is 2.19. The molecule has 0 aliphatic carbocycles. The van der Waals surface area contributed by atoms with E-state index < -0.39 is 5.91 Å². The molecule has 3 aromatic rings. The van der Waals surface area contributed by atoms with Gasteiger partial charge in [-0.15, -0.1) is 0 Å². The van der Waals surface area contributed by atoms with Gasteiger partial charge in [0.2, 0.25) is 5.96 Å². The van der Waals surface area contributed by atoms with E-state index in [4.69, 9.17) is 5.73 Å². The van der Waals surface area contributed by atoms with Gasteiger partial charge in [-0.25, -0.2) is 4.99 Å². The number of benzene rings is 2. The first-order valence-electron chi connectivity index (χ1n) is 6.92. The molecule has 6 nitrogen and oxygen atoms in total. The predicted molar refractivity (Wildman–Crippen MR) is 88.6 cm³/mol. The highest BCUT2D eigenvalue weighted by molar-refractivity contribution is 6.12. The lowest BCUT2D eigenvalue weighted by Crippen LogP contribution is -2.36. The number of carbonyl (C=O) groups excluding carboxylic acids is 1. The average molecular weight is 306 g/mol. The number of aliphatic imine (C=N–C) groups is 1. The number of phenols is 1. The summed E-state index contributed by atoms with van der Waals surface area (Å²) in [5.74, 6) is -0.364. The molecule has 0 fully saturated rings. The molecule has 1 amide bonds. The maximum absolute atomic E-state index is 12.4. The van der Waals surface area contributed by atoms with Crippen LogP contribution in [0.5, 0.6) is 5.75 Å². The van der Waals surface area contributed by atoms with Gasteiger partial charge >= 0.3 is 0 Å². The smallest absolute Gasteiger partial charge is 0.258 e. The first-order valence-corrected chi connectivity index (χ1v) is 6.92. The second-order valence-electron chi connectivity index (χ2n) is 4.85. The minimum Gasteiger partial charge on any atom is -0.508 e. The molecule has 114 valence electrons. The summed E-state index contributed by atoms with van der Waals surface area (Å²) in [7, 11) is 0. The van der Waals surface area contributed by atoms with E-state index in [1.54, 1.807) is 24.3 Å². The third-order valence-corrected chi connectivity index (χ3v) is 3.22. The zero-order valence-corrected chi connectivity index (χ0v) is 12.1. The van der Waals surface area contributed by atoms with E-state index in [0.717, 1.165) is 0 Å². The Morgan fingerprint density at radius 3 is 2.70 bits per heavy atom. The summed E-state index contributed by atoms with van der Waals surface area (Å²) in [6, 6.07) is 15.3. The van der Waals surface area contributed by atoms with Crippen molar-refractivity contribution in [2.24, 2.45) is 10.7 Å². The fraction of sp³-hybridized carbons (Fsp3) is 0. The van der Waals surface area contributed by atoms with Crippen LogP contribution in [0.3, 0.4) is 0 Å². The number of hydrogen-bond acceptors (Lipinski definition) is 4. The normalized spacial score (nSPS) is 11.4. The summed E-state index contributed by atoms with van der Waals surface area (Å²) in [4.78, 5) is 20.7. The van der Waals surface area contributed by atoms with Crippen molar-refractivity contribution in [3.63, 3.8) is 0 Å². The molecule has 0 atom stereocenters. The van der Waals surface area contributed by atoms with E-state index in [0.29, 0.717) is 22.2 Å². The van der Waals surface area contributed by atoms with Gasteiger partial charge in [0.05, 0.1) is 16.8 Å². The number of aromatic nitrogens is 1. The van der Waals surface area contributed by atoms with Crippen LogP contribution in [0.4, 0.5) is 5.69 Å². The number of carbonyl (C=O) groups is 1. The Morgan fingerprint density at radius 1 is 1.13 bits per heavy atom. The van der Waals surface area contributed by atoms with Crippen LogP contribution in [0.1, 0.15) is 10.4 Å². The van der Waals surface area contributed by atoms with Gasteiger partial charge in [-0.05, 0) is 36.4 Å². The number of nitrogens with two attached hydrogens (primary N) is 1. The fourth-order valence-corrected chi connectivity index (χ4v) is 2.19. The van der Waals surface area contributed by atoms with Crippen LogP contribution in [-0.2, 0) is 0 Å². The largest absolute Gasteiger partial charge is 0.508 e. The molecule has 0 unspecified atom stereocenters. The van der Waals surface area contributed by atoms with Gasteiger partial charge in [-0.3, -0.25) is 15.1 Å². The third kappa shape index (κ3) is 3.26. The van der Waals surface area contributed by atoms with Crippen LogP contribution in [0.15, 0.2) is 65.8 Å². The molecule has 2 aromatic carbocycles. The number of para-hydroxylation sites is 1. The summed E-state index contributed by atoms with van der Waals surface area (Å²) in [5, 5.41) is 12.7. The maximum Gasteiger partial charge on any atom is 0.258 e. The number of aromatic hydroxyl groups is 1. The highest BCUT2D eigenvalue weighted by Gasteiger charge is 2.12. The number of nitrogens with zero attached hydrogens (tertiary/aromatic N) is 2. The quantitative estimate of drug-likeness (QED) is 0.499. The number of nitrogens with one attached hydrogen (secondary N) is 1. The van der Waals surface area contributed by atoms with Gasteiger partial charge in [0.25, 0.3) is 5.91 Å². The second kappa shape index (κ2) is 6.15. The van der Waals surface area contributed by atoms with E-state index in [-0.39, 0.29) is 11.7 Å². The molecule has 3 rings (SSSR count). The number of fused-ring (bicyclic) bond motifs is 1. The zero-order valence-electron chi connectivity index (χ0n) is 12.1. The molecule has 1 aromatic heterocycles. The number of hydrogen-bond donors (Lipinski definition) is 3. The van der Waals surface area contributed by atoms with Crippen molar-refractivity contribution >= 4 is 28.5 Å². The molecule has 0 bridgehead atoms. The SMILES string of the molecule is NC(=Nc1ccccc1)NC(=O)c1ccnc2ccc(O)cc12. The van der Waals surface area contributed by atoms with Crippen LogP contribution < -0.4 is 11.1 Å². The maximum atomic E-state index is 12.4. The first-order chi connectivity index (χ1) is 11.1. The second-order valence-corrected chi connectivity index (χ2v) is 4.85. The van der Waals surface area contributed by atoms with Crippen molar-refractivity contribution < 1.29 is 9.90 Å². The van der Waals surface area contributed by atoms with Crippen molar-refractivity contribution in [1.29, 1.82) is 0 Å². The Kier molecular flexibility index (Phi) is 3.88.